The molecule has 0 saturated heterocycles. The van der Waals surface area contributed by atoms with Gasteiger partial charge in [0.2, 0.25) is 0 Å². The Kier molecular flexibility index (Phi) is 10.4. The van der Waals surface area contributed by atoms with Crippen molar-refractivity contribution in [2.75, 3.05) is 40.0 Å². The average Bonchev–Trinajstić information content (AvgIpc) is 2.61. The van der Waals surface area contributed by atoms with Crippen LogP contribution in [0.4, 0.5) is 13.2 Å². The van der Waals surface area contributed by atoms with Gasteiger partial charge in [0.25, 0.3) is 0 Å². The summed E-state index contributed by atoms with van der Waals surface area (Å²) >= 11 is 0. The topological polar surface area (TPSA) is 64.1 Å². The summed E-state index contributed by atoms with van der Waals surface area (Å²) in [7, 11) is 1.59. The van der Waals surface area contributed by atoms with Crippen molar-refractivity contribution < 1.29 is 27.4 Å². The van der Waals surface area contributed by atoms with E-state index in [1.807, 2.05) is 32.0 Å². The molecule has 2 N–H and O–H groups in total. The molecule has 1 aromatic carbocycles. The Bertz CT molecular complexity index is 568. The minimum Gasteiger partial charge on any atom is -0.497 e. The SMILES string of the molecule is CCNC(=NCC(C)Oc1cccc(OC)c1)NCCCOCC(F)(F)F. The zero-order valence-electron chi connectivity index (χ0n) is 15.9. The zero-order valence-corrected chi connectivity index (χ0v) is 15.9. The molecule has 0 aliphatic carbocycles. The van der Waals surface area contributed by atoms with Gasteiger partial charge < -0.3 is 24.8 Å². The van der Waals surface area contributed by atoms with Gasteiger partial charge >= 0.3 is 6.18 Å². The third-order valence-corrected chi connectivity index (χ3v) is 3.25. The Balaban J connectivity index is 2.36. The van der Waals surface area contributed by atoms with E-state index in [4.69, 9.17) is 9.47 Å². The highest BCUT2D eigenvalue weighted by Gasteiger charge is 2.27. The number of ether oxygens (including phenoxy) is 3. The quantitative estimate of drug-likeness (QED) is 0.345. The van der Waals surface area contributed by atoms with E-state index in [-0.39, 0.29) is 12.7 Å². The molecular formula is C18H28F3N3O3. The number of methoxy groups -OCH3 is 1. The predicted octanol–water partition coefficient (Wildman–Crippen LogP) is 2.99. The van der Waals surface area contributed by atoms with E-state index in [1.54, 1.807) is 13.2 Å². The molecule has 154 valence electrons. The Morgan fingerprint density at radius 1 is 1.22 bits per heavy atom. The van der Waals surface area contributed by atoms with Crippen molar-refractivity contribution in [2.24, 2.45) is 4.99 Å². The van der Waals surface area contributed by atoms with Crippen LogP contribution >= 0.6 is 0 Å². The highest BCUT2D eigenvalue weighted by atomic mass is 19.4. The van der Waals surface area contributed by atoms with Gasteiger partial charge in [-0.05, 0) is 32.4 Å². The van der Waals surface area contributed by atoms with E-state index in [0.29, 0.717) is 43.5 Å². The van der Waals surface area contributed by atoms with Crippen molar-refractivity contribution in [1.82, 2.24) is 10.6 Å². The second-order valence-electron chi connectivity index (χ2n) is 5.78. The second kappa shape index (κ2) is 12.3. The Morgan fingerprint density at radius 2 is 1.96 bits per heavy atom. The lowest BCUT2D eigenvalue weighted by Crippen LogP contribution is -2.38. The standard InChI is InChI=1S/C18H28F3N3O3/c1-4-22-17(23-9-6-10-26-13-18(19,20)21)24-12-14(2)27-16-8-5-7-15(11-16)25-3/h5,7-8,11,14H,4,6,9-10,12-13H2,1-3H3,(H2,22,23,24). The van der Waals surface area contributed by atoms with Crippen LogP contribution in [0.25, 0.3) is 0 Å². The summed E-state index contributed by atoms with van der Waals surface area (Å²) in [4.78, 5) is 4.43. The molecule has 0 aromatic heterocycles. The van der Waals surface area contributed by atoms with Crippen molar-refractivity contribution in [2.45, 2.75) is 32.5 Å². The molecule has 0 amide bonds. The Morgan fingerprint density at radius 3 is 2.63 bits per heavy atom. The molecule has 27 heavy (non-hydrogen) atoms. The smallest absolute Gasteiger partial charge is 0.411 e. The maximum atomic E-state index is 12.0. The van der Waals surface area contributed by atoms with Gasteiger partial charge in [0.05, 0.1) is 13.7 Å². The lowest BCUT2D eigenvalue weighted by molar-refractivity contribution is -0.173. The first-order valence-corrected chi connectivity index (χ1v) is 8.81. The molecule has 0 heterocycles. The van der Waals surface area contributed by atoms with E-state index in [1.165, 1.54) is 0 Å². The molecule has 0 aliphatic heterocycles. The van der Waals surface area contributed by atoms with Crippen LogP contribution in [0.2, 0.25) is 0 Å². The number of hydrogen-bond acceptors (Lipinski definition) is 4. The van der Waals surface area contributed by atoms with Crippen LogP contribution < -0.4 is 20.1 Å². The van der Waals surface area contributed by atoms with E-state index < -0.39 is 12.8 Å². The van der Waals surface area contributed by atoms with E-state index >= 15 is 0 Å². The van der Waals surface area contributed by atoms with Crippen LogP contribution in [0.15, 0.2) is 29.3 Å². The van der Waals surface area contributed by atoms with Crippen molar-refractivity contribution in [3.63, 3.8) is 0 Å². The molecule has 0 radical (unpaired) electrons. The number of aliphatic imine (C=N–C) groups is 1. The van der Waals surface area contributed by atoms with Gasteiger partial charge in [-0.1, -0.05) is 6.07 Å². The fourth-order valence-corrected chi connectivity index (χ4v) is 2.07. The van der Waals surface area contributed by atoms with Crippen molar-refractivity contribution in [1.29, 1.82) is 0 Å². The fraction of sp³-hybridized carbons (Fsp3) is 0.611. The number of alkyl halides is 3. The number of hydrogen-bond donors (Lipinski definition) is 2. The Hall–Kier alpha value is -2.16. The lowest BCUT2D eigenvalue weighted by atomic mass is 10.3. The summed E-state index contributed by atoms with van der Waals surface area (Å²) in [5.41, 5.74) is 0. The number of halogens is 3. The molecule has 0 fully saturated rings. The highest BCUT2D eigenvalue weighted by Crippen LogP contribution is 2.20. The second-order valence-corrected chi connectivity index (χ2v) is 5.78. The number of nitrogens with zero attached hydrogens (tertiary/aromatic N) is 1. The van der Waals surface area contributed by atoms with Crippen molar-refractivity contribution in [3.05, 3.63) is 24.3 Å². The first-order chi connectivity index (χ1) is 12.8. The number of rotatable bonds is 11. The maximum absolute atomic E-state index is 12.0. The third-order valence-electron chi connectivity index (χ3n) is 3.25. The first-order valence-electron chi connectivity index (χ1n) is 8.81. The number of benzene rings is 1. The zero-order chi connectivity index (χ0) is 20.1. The molecule has 9 heteroatoms. The van der Waals surface area contributed by atoms with Gasteiger partial charge in [0.1, 0.15) is 24.2 Å². The van der Waals surface area contributed by atoms with Crippen LogP contribution in [0.5, 0.6) is 11.5 Å². The van der Waals surface area contributed by atoms with Crippen LogP contribution in [-0.4, -0.2) is 58.2 Å². The number of guanidine groups is 1. The van der Waals surface area contributed by atoms with Gasteiger partial charge in [0, 0.05) is 25.8 Å². The summed E-state index contributed by atoms with van der Waals surface area (Å²) in [6, 6.07) is 7.32. The Labute approximate surface area is 158 Å². The summed E-state index contributed by atoms with van der Waals surface area (Å²) in [5, 5.41) is 6.14. The third kappa shape index (κ3) is 11.2. The first kappa shape index (κ1) is 22.9. The van der Waals surface area contributed by atoms with Gasteiger partial charge in [0.15, 0.2) is 5.96 Å². The predicted molar refractivity (Wildman–Crippen MR) is 98.6 cm³/mol. The molecule has 6 nitrogen and oxygen atoms in total. The van der Waals surface area contributed by atoms with Gasteiger partial charge in [-0.3, -0.25) is 0 Å². The monoisotopic (exact) mass is 391 g/mol. The largest absolute Gasteiger partial charge is 0.497 e. The van der Waals surface area contributed by atoms with Crippen molar-refractivity contribution >= 4 is 5.96 Å². The van der Waals surface area contributed by atoms with Gasteiger partial charge in [-0.15, -0.1) is 0 Å². The molecule has 0 aliphatic rings. The normalized spacial score (nSPS) is 13.2. The summed E-state index contributed by atoms with van der Waals surface area (Å²) in [6.07, 6.45) is -4.01. The summed E-state index contributed by atoms with van der Waals surface area (Å²) < 4.78 is 51.5. The fourth-order valence-electron chi connectivity index (χ4n) is 2.07. The van der Waals surface area contributed by atoms with Gasteiger partial charge in [-0.2, -0.15) is 13.2 Å². The van der Waals surface area contributed by atoms with Crippen molar-refractivity contribution in [3.8, 4) is 11.5 Å². The van der Waals surface area contributed by atoms with E-state index in [2.05, 4.69) is 20.4 Å². The molecule has 1 aromatic rings. The molecule has 0 saturated carbocycles. The minimum atomic E-state index is -4.29. The molecule has 1 unspecified atom stereocenters. The van der Waals surface area contributed by atoms with Crippen LogP contribution in [-0.2, 0) is 4.74 Å². The molecular weight excluding hydrogens is 363 g/mol. The highest BCUT2D eigenvalue weighted by molar-refractivity contribution is 5.79. The molecule has 0 bridgehead atoms. The van der Waals surface area contributed by atoms with E-state index in [9.17, 15) is 13.2 Å². The van der Waals surface area contributed by atoms with Crippen LogP contribution in [0.1, 0.15) is 20.3 Å². The summed E-state index contributed by atoms with van der Waals surface area (Å²) in [6.45, 7) is 4.17. The minimum absolute atomic E-state index is 0.0290. The molecule has 0 spiro atoms. The summed E-state index contributed by atoms with van der Waals surface area (Å²) in [5.74, 6) is 1.98. The number of nitrogens with one attached hydrogen (secondary N) is 2. The van der Waals surface area contributed by atoms with Crippen LogP contribution in [0.3, 0.4) is 0 Å². The lowest BCUT2D eigenvalue weighted by Gasteiger charge is -2.15. The van der Waals surface area contributed by atoms with Gasteiger partial charge in [-0.25, -0.2) is 4.99 Å². The molecule has 1 rings (SSSR count). The average molecular weight is 391 g/mol. The maximum Gasteiger partial charge on any atom is 0.411 e. The van der Waals surface area contributed by atoms with E-state index in [0.717, 1.165) is 0 Å². The van der Waals surface area contributed by atoms with Crippen LogP contribution in [0, 0.1) is 0 Å². The molecule has 1 atom stereocenters.